The van der Waals surface area contributed by atoms with Crippen LogP contribution in [0.15, 0.2) is 0 Å². The van der Waals surface area contributed by atoms with Gasteiger partial charge < -0.3 is 15.2 Å². The van der Waals surface area contributed by atoms with E-state index >= 15 is 0 Å². The maximum Gasteiger partial charge on any atom is 0.0826 e. The van der Waals surface area contributed by atoms with Crippen molar-refractivity contribution in [2.24, 2.45) is 0 Å². The summed E-state index contributed by atoms with van der Waals surface area (Å²) < 4.78 is 5.75. The Kier molecular flexibility index (Phi) is 6.41. The molecule has 0 saturated carbocycles. The SMILES string of the molecule is CC(O)CC(C)NCC1CN(C(C)C)CCO1. The van der Waals surface area contributed by atoms with Crippen LogP contribution in [0.5, 0.6) is 0 Å². The topological polar surface area (TPSA) is 44.7 Å². The molecule has 102 valence electrons. The highest BCUT2D eigenvalue weighted by Gasteiger charge is 2.22. The van der Waals surface area contributed by atoms with Gasteiger partial charge in [0.05, 0.1) is 18.8 Å². The average molecular weight is 244 g/mol. The summed E-state index contributed by atoms with van der Waals surface area (Å²) >= 11 is 0. The Morgan fingerprint density at radius 3 is 2.65 bits per heavy atom. The highest BCUT2D eigenvalue weighted by Crippen LogP contribution is 2.08. The van der Waals surface area contributed by atoms with Gasteiger partial charge in [-0.15, -0.1) is 0 Å². The van der Waals surface area contributed by atoms with E-state index in [4.69, 9.17) is 4.74 Å². The Bertz CT molecular complexity index is 210. The molecule has 4 heteroatoms. The lowest BCUT2D eigenvalue weighted by Gasteiger charge is -2.36. The molecule has 0 spiro atoms. The van der Waals surface area contributed by atoms with Crippen molar-refractivity contribution in [2.75, 3.05) is 26.2 Å². The normalized spacial score (nSPS) is 26.1. The lowest BCUT2D eigenvalue weighted by molar-refractivity contribution is -0.0383. The number of hydrogen-bond acceptors (Lipinski definition) is 4. The molecule has 1 aliphatic heterocycles. The molecule has 1 fully saturated rings. The standard InChI is InChI=1S/C13H28N2O2/c1-10(2)15-5-6-17-13(9-15)8-14-11(3)7-12(4)16/h10-14,16H,5-9H2,1-4H3. The van der Waals surface area contributed by atoms with Crippen LogP contribution in [0.4, 0.5) is 0 Å². The average Bonchev–Trinajstić information content (AvgIpc) is 2.26. The highest BCUT2D eigenvalue weighted by atomic mass is 16.5. The molecule has 0 aromatic carbocycles. The third-order valence-electron chi connectivity index (χ3n) is 3.29. The number of hydrogen-bond donors (Lipinski definition) is 2. The Labute approximate surface area is 105 Å². The zero-order chi connectivity index (χ0) is 12.8. The molecule has 0 amide bonds. The van der Waals surface area contributed by atoms with Gasteiger partial charge in [-0.1, -0.05) is 0 Å². The van der Waals surface area contributed by atoms with Gasteiger partial charge in [-0.3, -0.25) is 4.90 Å². The minimum Gasteiger partial charge on any atom is -0.393 e. The van der Waals surface area contributed by atoms with E-state index in [1.807, 2.05) is 6.92 Å². The van der Waals surface area contributed by atoms with Crippen molar-refractivity contribution >= 4 is 0 Å². The quantitative estimate of drug-likeness (QED) is 0.727. The molecule has 3 unspecified atom stereocenters. The Hall–Kier alpha value is -0.160. The van der Waals surface area contributed by atoms with Crippen LogP contribution in [0.3, 0.4) is 0 Å². The summed E-state index contributed by atoms with van der Waals surface area (Å²) in [5, 5.41) is 12.7. The van der Waals surface area contributed by atoms with Crippen LogP contribution in [0.2, 0.25) is 0 Å². The van der Waals surface area contributed by atoms with Crippen molar-refractivity contribution < 1.29 is 9.84 Å². The second kappa shape index (κ2) is 7.31. The van der Waals surface area contributed by atoms with Gasteiger partial charge in [0.15, 0.2) is 0 Å². The molecule has 0 radical (unpaired) electrons. The number of nitrogens with zero attached hydrogens (tertiary/aromatic N) is 1. The first-order valence-corrected chi connectivity index (χ1v) is 6.76. The molecule has 1 heterocycles. The minimum absolute atomic E-state index is 0.239. The molecular weight excluding hydrogens is 216 g/mol. The van der Waals surface area contributed by atoms with Crippen LogP contribution < -0.4 is 5.32 Å². The first-order chi connectivity index (χ1) is 7.99. The third kappa shape index (κ3) is 5.82. The van der Waals surface area contributed by atoms with E-state index in [0.717, 1.165) is 32.7 Å². The molecule has 17 heavy (non-hydrogen) atoms. The first kappa shape index (κ1) is 14.9. The zero-order valence-electron chi connectivity index (χ0n) is 11.6. The van der Waals surface area contributed by atoms with Gasteiger partial charge in [-0.25, -0.2) is 0 Å². The molecule has 1 aliphatic rings. The van der Waals surface area contributed by atoms with Crippen molar-refractivity contribution in [1.29, 1.82) is 0 Å². The summed E-state index contributed by atoms with van der Waals surface area (Å²) in [6.45, 7) is 12.1. The van der Waals surface area contributed by atoms with Crippen LogP contribution in [0.1, 0.15) is 34.1 Å². The molecule has 1 rings (SSSR count). The Morgan fingerprint density at radius 2 is 2.06 bits per heavy atom. The fourth-order valence-corrected chi connectivity index (χ4v) is 2.26. The van der Waals surface area contributed by atoms with Crippen LogP contribution >= 0.6 is 0 Å². The number of morpholine rings is 1. The number of aliphatic hydroxyl groups excluding tert-OH is 1. The fraction of sp³-hybridized carbons (Fsp3) is 1.00. The molecule has 1 saturated heterocycles. The summed E-state index contributed by atoms with van der Waals surface area (Å²) in [6.07, 6.45) is 0.834. The highest BCUT2D eigenvalue weighted by molar-refractivity contribution is 4.77. The summed E-state index contributed by atoms with van der Waals surface area (Å²) in [5.74, 6) is 0. The lowest BCUT2D eigenvalue weighted by atomic mass is 10.1. The number of nitrogens with one attached hydrogen (secondary N) is 1. The molecule has 0 aromatic rings. The van der Waals surface area contributed by atoms with E-state index in [1.165, 1.54) is 0 Å². The van der Waals surface area contributed by atoms with Gasteiger partial charge in [0, 0.05) is 31.7 Å². The zero-order valence-corrected chi connectivity index (χ0v) is 11.6. The second-order valence-electron chi connectivity index (χ2n) is 5.48. The predicted octanol–water partition coefficient (Wildman–Crippen LogP) is 0.845. The van der Waals surface area contributed by atoms with Crippen LogP contribution in [-0.4, -0.2) is 60.5 Å². The molecular formula is C13H28N2O2. The molecule has 3 atom stereocenters. The number of rotatable bonds is 6. The minimum atomic E-state index is -0.239. The van der Waals surface area contributed by atoms with Gasteiger partial charge in [0.1, 0.15) is 0 Å². The third-order valence-corrected chi connectivity index (χ3v) is 3.29. The monoisotopic (exact) mass is 244 g/mol. The van der Waals surface area contributed by atoms with Gasteiger partial charge >= 0.3 is 0 Å². The summed E-state index contributed by atoms with van der Waals surface area (Å²) in [5.41, 5.74) is 0. The molecule has 4 nitrogen and oxygen atoms in total. The van der Waals surface area contributed by atoms with Gasteiger partial charge in [-0.2, -0.15) is 0 Å². The van der Waals surface area contributed by atoms with Crippen LogP contribution in [0.25, 0.3) is 0 Å². The van der Waals surface area contributed by atoms with E-state index in [0.29, 0.717) is 12.1 Å². The van der Waals surface area contributed by atoms with Crippen LogP contribution in [0, 0.1) is 0 Å². The Morgan fingerprint density at radius 1 is 1.35 bits per heavy atom. The largest absolute Gasteiger partial charge is 0.393 e. The van der Waals surface area contributed by atoms with Crippen molar-refractivity contribution in [3.05, 3.63) is 0 Å². The van der Waals surface area contributed by atoms with Crippen molar-refractivity contribution in [1.82, 2.24) is 10.2 Å². The number of ether oxygens (including phenoxy) is 1. The summed E-state index contributed by atoms with van der Waals surface area (Å²) in [4.78, 5) is 2.45. The van der Waals surface area contributed by atoms with E-state index in [-0.39, 0.29) is 12.2 Å². The van der Waals surface area contributed by atoms with E-state index in [2.05, 4.69) is 31.0 Å². The predicted molar refractivity (Wildman–Crippen MR) is 70.2 cm³/mol. The first-order valence-electron chi connectivity index (χ1n) is 6.76. The lowest BCUT2D eigenvalue weighted by Crippen LogP contribution is -2.50. The Balaban J connectivity index is 2.22. The summed E-state index contributed by atoms with van der Waals surface area (Å²) in [6, 6.07) is 0.935. The maximum absolute atomic E-state index is 9.30. The molecule has 2 N–H and O–H groups in total. The molecule has 0 aliphatic carbocycles. The molecule has 0 aromatic heterocycles. The molecule has 0 bridgehead atoms. The van der Waals surface area contributed by atoms with Gasteiger partial charge in [-0.05, 0) is 34.1 Å². The maximum atomic E-state index is 9.30. The van der Waals surface area contributed by atoms with E-state index in [9.17, 15) is 5.11 Å². The number of aliphatic hydroxyl groups is 1. The van der Waals surface area contributed by atoms with Gasteiger partial charge in [0.25, 0.3) is 0 Å². The second-order valence-corrected chi connectivity index (χ2v) is 5.48. The van der Waals surface area contributed by atoms with Crippen LogP contribution in [-0.2, 0) is 4.74 Å². The fourth-order valence-electron chi connectivity index (χ4n) is 2.26. The van der Waals surface area contributed by atoms with Crippen molar-refractivity contribution in [2.45, 2.75) is 58.4 Å². The van der Waals surface area contributed by atoms with E-state index < -0.39 is 0 Å². The smallest absolute Gasteiger partial charge is 0.0826 e. The van der Waals surface area contributed by atoms with E-state index in [1.54, 1.807) is 0 Å². The van der Waals surface area contributed by atoms with Crippen molar-refractivity contribution in [3.63, 3.8) is 0 Å². The summed E-state index contributed by atoms with van der Waals surface area (Å²) in [7, 11) is 0. The van der Waals surface area contributed by atoms with Gasteiger partial charge in [0.2, 0.25) is 0 Å². The van der Waals surface area contributed by atoms with Crippen molar-refractivity contribution in [3.8, 4) is 0 Å².